The van der Waals surface area contributed by atoms with Gasteiger partial charge in [-0.25, -0.2) is 9.97 Å². The number of ether oxygens (including phenoxy) is 1. The summed E-state index contributed by atoms with van der Waals surface area (Å²) in [5, 5.41) is 0. The maximum atomic E-state index is 13.2. The number of benzene rings is 4. The van der Waals surface area contributed by atoms with E-state index >= 15 is 0 Å². The summed E-state index contributed by atoms with van der Waals surface area (Å²) in [7, 11) is 0. The lowest BCUT2D eigenvalue weighted by molar-refractivity contribution is -0.127. The number of Topliss-reactive ketones (excluding diaryl/α,β-unsaturated/α-hetero) is 3. The number of ketones is 3. The van der Waals surface area contributed by atoms with Gasteiger partial charge in [0, 0.05) is 35.1 Å². The van der Waals surface area contributed by atoms with Crippen molar-refractivity contribution in [1.29, 1.82) is 0 Å². The lowest BCUT2D eigenvalue weighted by Crippen LogP contribution is -2.36. The fourth-order valence-electron chi connectivity index (χ4n) is 7.53. The molecule has 0 bridgehead atoms. The smallest absolute Gasteiger partial charge is 0.295 e. The van der Waals surface area contributed by atoms with Gasteiger partial charge in [-0.2, -0.15) is 0 Å². The lowest BCUT2D eigenvalue weighted by atomic mass is 9.87. The first-order valence-corrected chi connectivity index (χ1v) is 18.0. The number of nitrogens with zero attached hydrogens (tertiary/aromatic N) is 3. The summed E-state index contributed by atoms with van der Waals surface area (Å²) >= 11 is 0. The van der Waals surface area contributed by atoms with Gasteiger partial charge in [0.2, 0.25) is 17.3 Å². The number of likely N-dealkylation sites (tertiary alicyclic amines) is 1. The summed E-state index contributed by atoms with van der Waals surface area (Å²) in [5.41, 5.74) is 4.19. The number of nitrogens with one attached hydrogen (secondary N) is 2. The van der Waals surface area contributed by atoms with Gasteiger partial charge in [0.15, 0.2) is 0 Å². The van der Waals surface area contributed by atoms with Crippen LogP contribution in [0.15, 0.2) is 122 Å². The first-order chi connectivity index (χ1) is 25.9. The molecule has 2 fully saturated rings. The largest absolute Gasteiger partial charge is 0.457 e. The highest BCUT2D eigenvalue weighted by Crippen LogP contribution is 2.40. The maximum Gasteiger partial charge on any atom is 0.295 e. The average molecular weight is 704 g/mol. The van der Waals surface area contributed by atoms with Crippen LogP contribution in [0.4, 0.5) is 0 Å². The number of imidazole rings is 2. The van der Waals surface area contributed by atoms with Gasteiger partial charge < -0.3 is 19.6 Å². The molecule has 0 spiro atoms. The van der Waals surface area contributed by atoms with Crippen LogP contribution in [-0.2, 0) is 9.59 Å². The lowest BCUT2D eigenvalue weighted by Gasteiger charge is -2.22. The molecule has 6 aromatic rings. The van der Waals surface area contributed by atoms with E-state index in [1.165, 1.54) is 0 Å². The first-order valence-electron chi connectivity index (χ1n) is 18.0. The molecule has 2 aliphatic rings. The van der Waals surface area contributed by atoms with Crippen molar-refractivity contribution in [2.75, 3.05) is 6.54 Å². The highest BCUT2D eigenvalue weighted by Gasteiger charge is 2.39. The Kier molecular flexibility index (Phi) is 9.33. The van der Waals surface area contributed by atoms with Gasteiger partial charge in [0.05, 0.1) is 29.8 Å². The van der Waals surface area contributed by atoms with E-state index in [1.807, 2.05) is 60.7 Å². The molecule has 10 nitrogen and oxygen atoms in total. The molecule has 1 saturated heterocycles. The van der Waals surface area contributed by atoms with Crippen LogP contribution in [-0.4, -0.2) is 54.6 Å². The van der Waals surface area contributed by atoms with E-state index in [9.17, 15) is 19.2 Å². The minimum atomic E-state index is -0.513. The molecular formula is C43H37N5O5. The number of aromatic nitrogens is 4. The summed E-state index contributed by atoms with van der Waals surface area (Å²) in [6.07, 6.45) is 7.35. The van der Waals surface area contributed by atoms with Crippen LogP contribution in [0.5, 0.6) is 11.5 Å². The number of carbonyl (C=O) groups is 4. The van der Waals surface area contributed by atoms with Crippen molar-refractivity contribution < 1.29 is 23.9 Å². The predicted molar refractivity (Wildman–Crippen MR) is 198 cm³/mol. The van der Waals surface area contributed by atoms with Gasteiger partial charge in [-0.1, -0.05) is 79.2 Å². The second-order valence-electron chi connectivity index (χ2n) is 13.6. The van der Waals surface area contributed by atoms with Gasteiger partial charge in [-0.05, 0) is 67.6 Å². The molecule has 1 unspecified atom stereocenters. The molecule has 53 heavy (non-hydrogen) atoms. The van der Waals surface area contributed by atoms with Crippen molar-refractivity contribution >= 4 is 23.3 Å². The van der Waals surface area contributed by atoms with E-state index in [0.29, 0.717) is 47.2 Å². The molecule has 3 atom stereocenters. The Balaban J connectivity index is 0.917. The first kappa shape index (κ1) is 33.7. The molecular weight excluding hydrogens is 667 g/mol. The fraction of sp³-hybridized carbons (Fsp3) is 0.209. The Morgan fingerprint density at radius 1 is 0.623 bits per heavy atom. The number of carbonyl (C=O) groups excluding carboxylic acids is 4. The number of rotatable bonds is 11. The summed E-state index contributed by atoms with van der Waals surface area (Å²) < 4.78 is 6.22. The van der Waals surface area contributed by atoms with Crippen molar-refractivity contribution in [3.8, 4) is 34.0 Å². The fourth-order valence-corrected chi connectivity index (χ4v) is 7.53. The third-order valence-corrected chi connectivity index (χ3v) is 10.3. The molecule has 1 saturated carbocycles. The number of aromatic amines is 2. The van der Waals surface area contributed by atoms with Crippen molar-refractivity contribution in [2.24, 2.45) is 5.92 Å². The highest BCUT2D eigenvalue weighted by molar-refractivity contribution is 6.44. The standard InChI is InChI=1S/C43H37N5O5/c49-38(28-10-3-1-4-11-28)40(51)33-16-8-17-34(33)41-44-26-36(46-41)30-14-7-15-32(24-30)53-31-21-19-27(20-22-31)35-25-45-42(47-35)37-18-9-23-48(37)43(52)39(50)29-12-5-2-6-13-29/h1-7,10-15,19-22,24-26,33-34,37H,8-9,16-18,23H2,(H,44,46)(H,45,47)/t33?,34-,37+/m1/s1. The summed E-state index contributed by atoms with van der Waals surface area (Å²) in [5.74, 6) is 0.312. The number of H-pyrrole nitrogens is 2. The van der Waals surface area contributed by atoms with Crippen LogP contribution in [0.3, 0.4) is 0 Å². The zero-order chi connectivity index (χ0) is 36.3. The van der Waals surface area contributed by atoms with Crippen molar-refractivity contribution in [2.45, 2.75) is 44.1 Å². The molecule has 4 aromatic carbocycles. The second-order valence-corrected chi connectivity index (χ2v) is 13.6. The van der Waals surface area contributed by atoms with Gasteiger partial charge in [-0.15, -0.1) is 0 Å². The number of hydrogen-bond acceptors (Lipinski definition) is 7. The van der Waals surface area contributed by atoms with E-state index < -0.39 is 23.4 Å². The molecule has 1 aliphatic carbocycles. The Morgan fingerprint density at radius 2 is 1.28 bits per heavy atom. The molecule has 264 valence electrons. The Bertz CT molecular complexity index is 2280. The molecule has 2 aromatic heterocycles. The predicted octanol–water partition coefficient (Wildman–Crippen LogP) is 8.14. The Labute approximate surface area is 306 Å². The third kappa shape index (κ3) is 6.95. The van der Waals surface area contributed by atoms with Gasteiger partial charge >= 0.3 is 0 Å². The maximum absolute atomic E-state index is 13.2. The molecule has 1 aliphatic heterocycles. The summed E-state index contributed by atoms with van der Waals surface area (Å²) in [4.78, 5) is 69.8. The average Bonchev–Trinajstić information content (AvgIpc) is 4.05. The van der Waals surface area contributed by atoms with Crippen molar-refractivity contribution in [3.63, 3.8) is 0 Å². The van der Waals surface area contributed by atoms with Gasteiger partial charge in [0.25, 0.3) is 5.91 Å². The van der Waals surface area contributed by atoms with Crippen LogP contribution in [0.25, 0.3) is 22.5 Å². The zero-order valence-electron chi connectivity index (χ0n) is 28.9. The number of amides is 1. The molecule has 8 rings (SSSR count). The van der Waals surface area contributed by atoms with Crippen molar-refractivity contribution in [1.82, 2.24) is 24.8 Å². The van der Waals surface area contributed by atoms with E-state index in [2.05, 4.69) is 19.9 Å². The zero-order valence-corrected chi connectivity index (χ0v) is 28.9. The summed E-state index contributed by atoms with van der Waals surface area (Å²) in [6.45, 7) is 0.506. The van der Waals surface area contributed by atoms with Crippen LogP contribution >= 0.6 is 0 Å². The Hall–Kier alpha value is -6.42. The van der Waals surface area contributed by atoms with Crippen molar-refractivity contribution in [3.05, 3.63) is 144 Å². The molecule has 0 radical (unpaired) electrons. The third-order valence-electron chi connectivity index (χ3n) is 10.3. The van der Waals surface area contributed by atoms with E-state index in [4.69, 9.17) is 4.74 Å². The SMILES string of the molecule is O=C(C(=O)C1CCC[C@H]1c1ncc(-c2cccc(Oc3ccc(-c4cnc([C@@H]5CCCN5C(=O)C(=O)c5ccccc5)[nH]4)cc3)c2)[nH]1)c1ccccc1. The van der Waals surface area contributed by atoms with Gasteiger partial charge in [0.1, 0.15) is 23.1 Å². The minimum absolute atomic E-state index is 0.142. The van der Waals surface area contributed by atoms with Crippen LogP contribution in [0, 0.1) is 5.92 Å². The van der Waals surface area contributed by atoms with E-state index in [-0.39, 0.29) is 17.7 Å². The molecule has 10 heteroatoms. The topological polar surface area (TPSA) is 138 Å². The van der Waals surface area contributed by atoms with Crippen LogP contribution in [0.1, 0.15) is 76.4 Å². The Morgan fingerprint density at radius 3 is 2.02 bits per heavy atom. The quantitative estimate of drug-likeness (QED) is 0.103. The monoisotopic (exact) mass is 703 g/mol. The molecule has 3 heterocycles. The summed E-state index contributed by atoms with van der Waals surface area (Å²) in [6, 6.07) is 32.4. The van der Waals surface area contributed by atoms with E-state index in [0.717, 1.165) is 48.2 Å². The van der Waals surface area contributed by atoms with E-state index in [1.54, 1.807) is 65.8 Å². The second kappa shape index (κ2) is 14.7. The normalized spacial score (nSPS) is 18.2. The molecule has 2 N–H and O–H groups in total. The van der Waals surface area contributed by atoms with Gasteiger partial charge in [-0.3, -0.25) is 19.2 Å². The van der Waals surface area contributed by atoms with Crippen LogP contribution < -0.4 is 4.74 Å². The highest BCUT2D eigenvalue weighted by atomic mass is 16.5. The van der Waals surface area contributed by atoms with Crippen LogP contribution in [0.2, 0.25) is 0 Å². The number of hydrogen-bond donors (Lipinski definition) is 2. The minimum Gasteiger partial charge on any atom is -0.457 e. The molecule has 1 amide bonds.